The van der Waals surface area contributed by atoms with Crippen molar-refractivity contribution in [3.63, 3.8) is 0 Å². The largest absolute Gasteiger partial charge is 0.478 e. The Kier molecular flexibility index (Phi) is 4.54. The molecule has 1 amide bonds. The van der Waals surface area contributed by atoms with Crippen molar-refractivity contribution in [1.82, 2.24) is 0 Å². The molecule has 0 saturated carbocycles. The number of hydrogen-bond acceptors (Lipinski definition) is 3. The summed E-state index contributed by atoms with van der Waals surface area (Å²) in [7, 11) is 0. The number of ether oxygens (including phenoxy) is 1. The van der Waals surface area contributed by atoms with E-state index in [-0.39, 0.29) is 46.2 Å². The first-order valence-electron chi connectivity index (χ1n) is 6.81. The minimum atomic E-state index is -1.17. The van der Waals surface area contributed by atoms with Crippen LogP contribution in [0.3, 0.4) is 0 Å². The van der Waals surface area contributed by atoms with E-state index in [9.17, 15) is 14.7 Å². The molecule has 0 spiro atoms. The van der Waals surface area contributed by atoms with E-state index in [1.165, 1.54) is 12.1 Å². The number of nitrogens with one attached hydrogen (secondary N) is 1. The normalized spacial score (nSPS) is 28.4. The van der Waals surface area contributed by atoms with Gasteiger partial charge in [-0.2, -0.15) is 0 Å². The molecule has 0 aromatic heterocycles. The third kappa shape index (κ3) is 3.04. The van der Waals surface area contributed by atoms with Gasteiger partial charge in [0.25, 0.3) is 0 Å². The molecule has 4 atom stereocenters. The summed E-state index contributed by atoms with van der Waals surface area (Å²) in [5.74, 6) is -1.68. The van der Waals surface area contributed by atoms with Crippen LogP contribution in [0.4, 0.5) is 5.69 Å². The Balaban J connectivity index is 2.25. The predicted octanol–water partition coefficient (Wildman–Crippen LogP) is 3.04. The minimum absolute atomic E-state index is 0.00550. The van der Waals surface area contributed by atoms with Crippen LogP contribution in [0.5, 0.6) is 0 Å². The first-order chi connectivity index (χ1) is 9.82. The van der Waals surface area contributed by atoms with Crippen molar-refractivity contribution in [2.24, 2.45) is 11.8 Å². The van der Waals surface area contributed by atoms with Gasteiger partial charge in [-0.3, -0.25) is 4.79 Å². The molecule has 1 saturated heterocycles. The van der Waals surface area contributed by atoms with Crippen LogP contribution in [0.1, 0.15) is 31.1 Å². The van der Waals surface area contributed by atoms with Gasteiger partial charge in [0.05, 0.1) is 28.8 Å². The van der Waals surface area contributed by atoms with Crippen molar-refractivity contribution < 1.29 is 19.4 Å². The maximum atomic E-state index is 12.4. The fraction of sp³-hybridized carbons (Fsp3) is 0.467. The quantitative estimate of drug-likeness (QED) is 0.899. The van der Waals surface area contributed by atoms with Crippen LogP contribution >= 0.6 is 11.6 Å². The highest BCUT2D eigenvalue weighted by atomic mass is 35.5. The van der Waals surface area contributed by atoms with E-state index >= 15 is 0 Å². The van der Waals surface area contributed by atoms with E-state index < -0.39 is 5.97 Å². The zero-order valence-electron chi connectivity index (χ0n) is 12.1. The highest BCUT2D eigenvalue weighted by molar-refractivity contribution is 6.34. The molecule has 4 unspecified atom stereocenters. The van der Waals surface area contributed by atoms with Crippen molar-refractivity contribution >= 4 is 29.2 Å². The van der Waals surface area contributed by atoms with Crippen LogP contribution in [0, 0.1) is 11.8 Å². The number of rotatable bonds is 3. The maximum Gasteiger partial charge on any atom is 0.339 e. The molecule has 1 fully saturated rings. The summed E-state index contributed by atoms with van der Waals surface area (Å²) in [6.07, 6.45) is -0.212. The first-order valence-corrected chi connectivity index (χ1v) is 7.18. The topological polar surface area (TPSA) is 75.6 Å². The lowest BCUT2D eigenvalue weighted by Gasteiger charge is -2.19. The van der Waals surface area contributed by atoms with Crippen molar-refractivity contribution in [3.05, 3.63) is 28.8 Å². The SMILES string of the molecule is CC1OC(C)C(C(=O)Nc2cccc(Cl)c2C(=O)O)C1C. The number of aromatic carboxylic acids is 1. The first kappa shape index (κ1) is 15.8. The van der Waals surface area contributed by atoms with Gasteiger partial charge in [-0.05, 0) is 31.9 Å². The van der Waals surface area contributed by atoms with E-state index in [2.05, 4.69) is 5.32 Å². The molecule has 21 heavy (non-hydrogen) atoms. The smallest absolute Gasteiger partial charge is 0.339 e. The monoisotopic (exact) mass is 311 g/mol. The fourth-order valence-corrected chi connectivity index (χ4v) is 3.04. The van der Waals surface area contributed by atoms with Crippen molar-refractivity contribution in [3.8, 4) is 0 Å². The van der Waals surface area contributed by atoms with Crippen LogP contribution < -0.4 is 5.32 Å². The number of hydrogen-bond donors (Lipinski definition) is 2. The lowest BCUT2D eigenvalue weighted by molar-refractivity contribution is -0.121. The number of carboxylic acid groups (broad SMARTS) is 1. The number of halogens is 1. The summed E-state index contributed by atoms with van der Waals surface area (Å²) in [5, 5.41) is 12.0. The van der Waals surface area contributed by atoms with Crippen LogP contribution in [-0.4, -0.2) is 29.2 Å². The van der Waals surface area contributed by atoms with Crippen LogP contribution in [0.2, 0.25) is 5.02 Å². The van der Waals surface area contributed by atoms with Crippen molar-refractivity contribution in [2.75, 3.05) is 5.32 Å². The lowest BCUT2D eigenvalue weighted by Crippen LogP contribution is -2.32. The molecule has 1 aromatic rings. The molecule has 0 radical (unpaired) electrons. The Morgan fingerprint density at radius 2 is 1.90 bits per heavy atom. The van der Waals surface area contributed by atoms with Gasteiger partial charge in [-0.25, -0.2) is 4.79 Å². The molecule has 6 heteroatoms. The van der Waals surface area contributed by atoms with Crippen molar-refractivity contribution in [2.45, 2.75) is 33.0 Å². The molecule has 1 aliphatic rings. The predicted molar refractivity (Wildman–Crippen MR) is 79.7 cm³/mol. The second kappa shape index (κ2) is 6.03. The maximum absolute atomic E-state index is 12.4. The summed E-state index contributed by atoms with van der Waals surface area (Å²) in [6.45, 7) is 5.73. The lowest BCUT2D eigenvalue weighted by atomic mass is 9.88. The van der Waals surface area contributed by atoms with Gasteiger partial charge < -0.3 is 15.2 Å². The Morgan fingerprint density at radius 3 is 2.43 bits per heavy atom. The van der Waals surface area contributed by atoms with Gasteiger partial charge in [0.1, 0.15) is 5.56 Å². The minimum Gasteiger partial charge on any atom is -0.478 e. The van der Waals surface area contributed by atoms with Crippen molar-refractivity contribution in [1.29, 1.82) is 0 Å². The number of carbonyl (C=O) groups excluding carboxylic acids is 1. The molecular weight excluding hydrogens is 294 g/mol. The van der Waals surface area contributed by atoms with Crippen LogP contribution in [0.15, 0.2) is 18.2 Å². The highest BCUT2D eigenvalue weighted by Crippen LogP contribution is 2.33. The molecule has 5 nitrogen and oxygen atoms in total. The third-order valence-electron chi connectivity index (χ3n) is 4.03. The number of anilines is 1. The van der Waals surface area contributed by atoms with Gasteiger partial charge in [-0.1, -0.05) is 24.6 Å². The summed E-state index contributed by atoms with van der Waals surface area (Å²) >= 11 is 5.89. The molecular formula is C15H18ClNO4. The van der Waals surface area contributed by atoms with Gasteiger partial charge >= 0.3 is 5.97 Å². The molecule has 1 aliphatic heterocycles. The zero-order chi connectivity index (χ0) is 15.7. The molecule has 0 aliphatic carbocycles. The number of benzene rings is 1. The van der Waals surface area contributed by atoms with E-state index in [1.807, 2.05) is 20.8 Å². The standard InChI is InChI=1S/C15H18ClNO4/c1-7-8(2)21-9(3)12(7)14(18)17-11-6-4-5-10(16)13(11)15(19)20/h4-9,12H,1-3H3,(H,17,18)(H,19,20). The Bertz CT molecular complexity index is 575. The number of carbonyl (C=O) groups is 2. The zero-order valence-corrected chi connectivity index (χ0v) is 12.8. The van der Waals surface area contributed by atoms with Crippen LogP contribution in [0.25, 0.3) is 0 Å². The molecule has 2 N–H and O–H groups in total. The van der Waals surface area contributed by atoms with E-state index in [1.54, 1.807) is 6.07 Å². The van der Waals surface area contributed by atoms with Gasteiger partial charge in [-0.15, -0.1) is 0 Å². The van der Waals surface area contributed by atoms with Gasteiger partial charge in [0, 0.05) is 0 Å². The van der Waals surface area contributed by atoms with Crippen LogP contribution in [-0.2, 0) is 9.53 Å². The van der Waals surface area contributed by atoms with E-state index in [0.29, 0.717) is 0 Å². The Morgan fingerprint density at radius 1 is 1.24 bits per heavy atom. The summed E-state index contributed by atoms with van der Waals surface area (Å²) < 4.78 is 5.64. The second-order valence-corrected chi connectivity index (χ2v) is 5.80. The average molecular weight is 312 g/mol. The molecule has 2 rings (SSSR count). The fourth-order valence-electron chi connectivity index (χ4n) is 2.78. The molecule has 114 valence electrons. The second-order valence-electron chi connectivity index (χ2n) is 5.39. The molecule has 0 bridgehead atoms. The number of amides is 1. The summed E-state index contributed by atoms with van der Waals surface area (Å²) in [6, 6.07) is 4.61. The third-order valence-corrected chi connectivity index (χ3v) is 4.34. The average Bonchev–Trinajstić information content (AvgIpc) is 2.62. The van der Waals surface area contributed by atoms with Gasteiger partial charge in [0.2, 0.25) is 5.91 Å². The van der Waals surface area contributed by atoms with E-state index in [0.717, 1.165) is 0 Å². The summed E-state index contributed by atoms with van der Waals surface area (Å²) in [5.41, 5.74) is 0.110. The molecule has 1 heterocycles. The summed E-state index contributed by atoms with van der Waals surface area (Å²) in [4.78, 5) is 23.7. The molecule has 1 aromatic carbocycles. The highest BCUT2D eigenvalue weighted by Gasteiger charge is 2.41. The number of carboxylic acids is 1. The Labute approximate surface area is 128 Å². The van der Waals surface area contributed by atoms with E-state index in [4.69, 9.17) is 16.3 Å². The Hall–Kier alpha value is -1.59. The van der Waals surface area contributed by atoms with Gasteiger partial charge in [0.15, 0.2) is 0 Å².